The third-order valence-corrected chi connectivity index (χ3v) is 3.08. The minimum Gasteiger partial charge on any atom is -0.385 e. The molecule has 0 aromatic heterocycles. The first-order valence-corrected chi connectivity index (χ1v) is 5.88. The van der Waals surface area contributed by atoms with Crippen molar-refractivity contribution in [3.8, 4) is 6.07 Å². The Morgan fingerprint density at radius 2 is 2.11 bits per heavy atom. The molecule has 5 nitrogen and oxygen atoms in total. The van der Waals surface area contributed by atoms with Crippen LogP contribution in [0.4, 0.5) is 11.4 Å². The Labute approximate surface area is 107 Å². The molecule has 0 bridgehead atoms. The third-order valence-electron chi connectivity index (χ3n) is 3.08. The van der Waals surface area contributed by atoms with Crippen molar-refractivity contribution in [1.29, 1.82) is 5.26 Å². The van der Waals surface area contributed by atoms with Gasteiger partial charge in [-0.15, -0.1) is 0 Å². The molecule has 1 atom stereocenters. The average molecular weight is 247 g/mol. The summed E-state index contributed by atoms with van der Waals surface area (Å²) >= 11 is 0. The van der Waals surface area contributed by atoms with E-state index in [1.54, 1.807) is 6.07 Å². The summed E-state index contributed by atoms with van der Waals surface area (Å²) in [5, 5.41) is 22.7. The summed E-state index contributed by atoms with van der Waals surface area (Å²) in [5.74, 6) is 1.05. The molecule has 1 rings (SSSR count). The SMILES string of the molecule is CC(C)C(C)CNc1ccc([N+](=O)[O-])c(C#N)c1. The average Bonchev–Trinajstić information content (AvgIpc) is 2.34. The normalized spacial score (nSPS) is 11.9. The van der Waals surface area contributed by atoms with Crippen molar-refractivity contribution >= 4 is 11.4 Å². The van der Waals surface area contributed by atoms with Gasteiger partial charge in [0, 0.05) is 18.3 Å². The molecule has 96 valence electrons. The summed E-state index contributed by atoms with van der Waals surface area (Å²) in [6.45, 7) is 7.19. The van der Waals surface area contributed by atoms with Crippen LogP contribution in [0.1, 0.15) is 26.3 Å². The second-order valence-electron chi connectivity index (χ2n) is 4.70. The zero-order valence-corrected chi connectivity index (χ0v) is 10.8. The maximum atomic E-state index is 10.7. The van der Waals surface area contributed by atoms with Crippen LogP contribution in [-0.4, -0.2) is 11.5 Å². The van der Waals surface area contributed by atoms with Crippen molar-refractivity contribution in [3.63, 3.8) is 0 Å². The van der Waals surface area contributed by atoms with E-state index in [0.717, 1.165) is 12.2 Å². The fourth-order valence-electron chi connectivity index (χ4n) is 1.41. The molecule has 0 aliphatic rings. The van der Waals surface area contributed by atoms with E-state index >= 15 is 0 Å². The number of benzene rings is 1. The molecule has 18 heavy (non-hydrogen) atoms. The highest BCUT2D eigenvalue weighted by Crippen LogP contribution is 2.22. The number of nitrogens with one attached hydrogen (secondary N) is 1. The molecular formula is C13H17N3O2. The maximum absolute atomic E-state index is 10.7. The van der Waals surface area contributed by atoms with Crippen molar-refractivity contribution in [2.75, 3.05) is 11.9 Å². The molecule has 0 amide bonds. The van der Waals surface area contributed by atoms with E-state index < -0.39 is 4.92 Å². The quantitative estimate of drug-likeness (QED) is 0.640. The first kappa shape index (κ1) is 14.0. The van der Waals surface area contributed by atoms with E-state index in [1.165, 1.54) is 12.1 Å². The van der Waals surface area contributed by atoms with E-state index in [4.69, 9.17) is 5.26 Å². The van der Waals surface area contributed by atoms with Crippen LogP contribution < -0.4 is 5.32 Å². The van der Waals surface area contributed by atoms with Crippen LogP contribution in [0, 0.1) is 33.3 Å². The highest BCUT2D eigenvalue weighted by atomic mass is 16.6. The van der Waals surface area contributed by atoms with Crippen LogP contribution in [0.25, 0.3) is 0 Å². The first-order chi connectivity index (χ1) is 8.45. The van der Waals surface area contributed by atoms with Crippen LogP contribution in [-0.2, 0) is 0 Å². The topological polar surface area (TPSA) is 79.0 Å². The maximum Gasteiger partial charge on any atom is 0.287 e. The van der Waals surface area contributed by atoms with Crippen LogP contribution in [0.2, 0.25) is 0 Å². The fraction of sp³-hybridized carbons (Fsp3) is 0.462. The molecule has 1 unspecified atom stereocenters. The number of hydrogen-bond acceptors (Lipinski definition) is 4. The summed E-state index contributed by atoms with van der Waals surface area (Å²) in [6.07, 6.45) is 0. The molecule has 0 aliphatic heterocycles. The zero-order chi connectivity index (χ0) is 13.7. The lowest BCUT2D eigenvalue weighted by molar-refractivity contribution is -0.385. The van der Waals surface area contributed by atoms with Crippen molar-refractivity contribution in [3.05, 3.63) is 33.9 Å². The van der Waals surface area contributed by atoms with Gasteiger partial charge < -0.3 is 5.32 Å². The summed E-state index contributed by atoms with van der Waals surface area (Å²) in [7, 11) is 0. The number of nitro groups is 1. The molecular weight excluding hydrogens is 230 g/mol. The van der Waals surface area contributed by atoms with Gasteiger partial charge in [-0.05, 0) is 24.0 Å². The van der Waals surface area contributed by atoms with E-state index in [2.05, 4.69) is 26.1 Å². The van der Waals surface area contributed by atoms with Gasteiger partial charge in [0.1, 0.15) is 11.6 Å². The number of nitrogens with zero attached hydrogens (tertiary/aromatic N) is 2. The zero-order valence-electron chi connectivity index (χ0n) is 10.8. The lowest BCUT2D eigenvalue weighted by atomic mass is 9.98. The fourth-order valence-corrected chi connectivity index (χ4v) is 1.41. The molecule has 5 heteroatoms. The van der Waals surface area contributed by atoms with Crippen LogP contribution in [0.15, 0.2) is 18.2 Å². The summed E-state index contributed by atoms with van der Waals surface area (Å²) in [4.78, 5) is 10.1. The van der Waals surface area contributed by atoms with Crippen molar-refractivity contribution in [1.82, 2.24) is 0 Å². The van der Waals surface area contributed by atoms with Crippen LogP contribution in [0.5, 0.6) is 0 Å². The van der Waals surface area contributed by atoms with Crippen LogP contribution in [0.3, 0.4) is 0 Å². The van der Waals surface area contributed by atoms with Gasteiger partial charge in [0.05, 0.1) is 4.92 Å². The number of anilines is 1. The molecule has 1 aromatic rings. The molecule has 0 saturated carbocycles. The van der Waals surface area contributed by atoms with Gasteiger partial charge in [-0.25, -0.2) is 0 Å². The third kappa shape index (κ3) is 3.45. The molecule has 0 heterocycles. The van der Waals surface area contributed by atoms with Gasteiger partial charge >= 0.3 is 0 Å². The predicted octanol–water partition coefficient (Wildman–Crippen LogP) is 3.17. The molecule has 0 aliphatic carbocycles. The smallest absolute Gasteiger partial charge is 0.287 e. The minimum absolute atomic E-state index is 0.0854. The van der Waals surface area contributed by atoms with Crippen molar-refractivity contribution < 1.29 is 4.92 Å². The van der Waals surface area contributed by atoms with Gasteiger partial charge in [0.15, 0.2) is 0 Å². The number of hydrogen-bond donors (Lipinski definition) is 1. The number of rotatable bonds is 5. The Hall–Kier alpha value is -2.09. The standard InChI is InChI=1S/C13H17N3O2/c1-9(2)10(3)8-15-12-4-5-13(16(17)18)11(6-12)7-14/h4-6,9-10,15H,8H2,1-3H3. The molecule has 0 saturated heterocycles. The Bertz CT molecular complexity index is 478. The monoisotopic (exact) mass is 247 g/mol. The Morgan fingerprint density at radius 1 is 1.44 bits per heavy atom. The largest absolute Gasteiger partial charge is 0.385 e. The highest BCUT2D eigenvalue weighted by molar-refractivity contribution is 5.58. The molecule has 0 fully saturated rings. The lowest BCUT2D eigenvalue weighted by Gasteiger charge is -2.16. The predicted molar refractivity (Wildman–Crippen MR) is 70.3 cm³/mol. The van der Waals surface area contributed by atoms with Gasteiger partial charge in [-0.2, -0.15) is 5.26 Å². The number of nitro benzene ring substituents is 1. The van der Waals surface area contributed by atoms with E-state index in [-0.39, 0.29) is 11.3 Å². The van der Waals surface area contributed by atoms with E-state index in [1.807, 2.05) is 6.07 Å². The second kappa shape index (κ2) is 6.01. The first-order valence-electron chi connectivity index (χ1n) is 5.88. The van der Waals surface area contributed by atoms with E-state index in [9.17, 15) is 10.1 Å². The summed E-state index contributed by atoms with van der Waals surface area (Å²) in [5.41, 5.74) is 0.673. The molecule has 1 aromatic carbocycles. The highest BCUT2D eigenvalue weighted by Gasteiger charge is 2.14. The Kier molecular flexibility index (Phi) is 4.67. The Morgan fingerprint density at radius 3 is 2.61 bits per heavy atom. The second-order valence-corrected chi connectivity index (χ2v) is 4.70. The lowest BCUT2D eigenvalue weighted by Crippen LogP contribution is -2.16. The minimum atomic E-state index is -0.543. The van der Waals surface area contributed by atoms with Gasteiger partial charge in [-0.3, -0.25) is 10.1 Å². The Balaban J connectivity index is 2.81. The van der Waals surface area contributed by atoms with Crippen molar-refractivity contribution in [2.45, 2.75) is 20.8 Å². The van der Waals surface area contributed by atoms with Gasteiger partial charge in [0.25, 0.3) is 5.69 Å². The summed E-state index contributed by atoms with van der Waals surface area (Å²) < 4.78 is 0. The molecule has 0 radical (unpaired) electrons. The van der Waals surface area contributed by atoms with Crippen molar-refractivity contribution in [2.24, 2.45) is 11.8 Å². The van der Waals surface area contributed by atoms with Gasteiger partial charge in [-0.1, -0.05) is 20.8 Å². The summed E-state index contributed by atoms with van der Waals surface area (Å²) in [6, 6.07) is 6.36. The molecule has 1 N–H and O–H groups in total. The number of nitriles is 1. The van der Waals surface area contributed by atoms with E-state index in [0.29, 0.717) is 11.8 Å². The molecule has 0 spiro atoms. The van der Waals surface area contributed by atoms with Gasteiger partial charge in [0.2, 0.25) is 0 Å². The van der Waals surface area contributed by atoms with Crippen LogP contribution >= 0.6 is 0 Å².